The van der Waals surface area contributed by atoms with Gasteiger partial charge in [0, 0.05) is 0 Å². The Kier molecular flexibility index (Phi) is 7.04. The number of hydrogen-bond acceptors (Lipinski definition) is 1. The minimum Gasteiger partial charge on any atom is -0.493 e. The molecule has 0 amide bonds. The van der Waals surface area contributed by atoms with Gasteiger partial charge >= 0.3 is 0 Å². The van der Waals surface area contributed by atoms with Crippen molar-refractivity contribution in [2.75, 3.05) is 6.61 Å². The van der Waals surface area contributed by atoms with Crippen molar-refractivity contribution < 1.29 is 4.74 Å². The average molecular weight is 395 g/mol. The van der Waals surface area contributed by atoms with Gasteiger partial charge in [-0.2, -0.15) is 0 Å². The molecule has 0 bridgehead atoms. The van der Waals surface area contributed by atoms with Gasteiger partial charge in [-0.25, -0.2) is 0 Å². The average Bonchev–Trinajstić information content (AvgIpc) is 3.59. The fourth-order valence-corrected chi connectivity index (χ4v) is 6.36. The van der Waals surface area contributed by atoms with E-state index >= 15 is 0 Å². The first-order valence-corrected chi connectivity index (χ1v) is 12.6. The smallest absolute Gasteiger partial charge is 0.122 e. The lowest BCUT2D eigenvalue weighted by Gasteiger charge is -2.47. The third-order valence-electron chi connectivity index (χ3n) is 8.24. The van der Waals surface area contributed by atoms with Gasteiger partial charge in [0.05, 0.1) is 6.61 Å². The molecule has 3 aliphatic carbocycles. The first kappa shape index (κ1) is 21.0. The lowest BCUT2D eigenvalue weighted by molar-refractivity contribution is 0.124. The molecule has 29 heavy (non-hydrogen) atoms. The topological polar surface area (TPSA) is 9.23 Å². The molecule has 0 N–H and O–H groups in total. The molecule has 1 nitrogen and oxygen atoms in total. The van der Waals surface area contributed by atoms with Crippen LogP contribution < -0.4 is 4.74 Å². The van der Waals surface area contributed by atoms with E-state index in [4.69, 9.17) is 4.74 Å². The van der Waals surface area contributed by atoms with Crippen LogP contribution in [0.5, 0.6) is 5.75 Å². The second-order valence-corrected chi connectivity index (χ2v) is 10.3. The van der Waals surface area contributed by atoms with Crippen LogP contribution in [0.1, 0.15) is 102 Å². The Balaban J connectivity index is 1.57. The molecule has 0 aliphatic heterocycles. The third kappa shape index (κ3) is 4.92. The normalized spacial score (nSPS) is 26.8. The molecule has 0 radical (unpaired) electrons. The summed E-state index contributed by atoms with van der Waals surface area (Å²) in [7, 11) is 0. The zero-order valence-corrected chi connectivity index (χ0v) is 18.8. The van der Waals surface area contributed by atoms with Gasteiger partial charge in [-0.3, -0.25) is 0 Å². The molecule has 0 aromatic heterocycles. The Bertz CT molecular complexity index is 657. The first-order valence-electron chi connectivity index (χ1n) is 12.6. The minimum absolute atomic E-state index is 0.417. The highest BCUT2D eigenvalue weighted by Crippen LogP contribution is 2.51. The van der Waals surface area contributed by atoms with Crippen molar-refractivity contribution in [3.8, 4) is 5.75 Å². The number of ether oxygens (including phenoxy) is 1. The Morgan fingerprint density at radius 2 is 1.72 bits per heavy atom. The SMILES string of the molecule is C=CCc1cc(C2(C3CCC(CCC)CC3)CCCCC2)ccc1OCC1CC1. The molecule has 160 valence electrons. The van der Waals surface area contributed by atoms with Crippen LogP contribution >= 0.6 is 0 Å². The van der Waals surface area contributed by atoms with Gasteiger partial charge in [0.1, 0.15) is 5.75 Å². The van der Waals surface area contributed by atoms with Gasteiger partial charge in [-0.05, 0) is 85.3 Å². The predicted octanol–water partition coefficient (Wildman–Crippen LogP) is 8.01. The molecule has 1 heteroatoms. The van der Waals surface area contributed by atoms with Crippen molar-refractivity contribution in [3.63, 3.8) is 0 Å². The van der Waals surface area contributed by atoms with Crippen molar-refractivity contribution in [2.24, 2.45) is 17.8 Å². The fraction of sp³-hybridized carbons (Fsp3) is 0.714. The summed E-state index contributed by atoms with van der Waals surface area (Å²) < 4.78 is 6.23. The zero-order chi connectivity index (χ0) is 20.1. The van der Waals surface area contributed by atoms with Crippen LogP contribution in [-0.4, -0.2) is 6.61 Å². The third-order valence-corrected chi connectivity index (χ3v) is 8.24. The van der Waals surface area contributed by atoms with E-state index < -0.39 is 0 Å². The molecule has 1 aromatic carbocycles. The molecule has 3 fully saturated rings. The van der Waals surface area contributed by atoms with Crippen molar-refractivity contribution in [3.05, 3.63) is 42.0 Å². The van der Waals surface area contributed by atoms with E-state index in [1.165, 1.54) is 89.0 Å². The lowest BCUT2D eigenvalue weighted by Crippen LogP contribution is -2.39. The highest BCUT2D eigenvalue weighted by atomic mass is 16.5. The summed E-state index contributed by atoms with van der Waals surface area (Å²) in [5.41, 5.74) is 3.40. The summed E-state index contributed by atoms with van der Waals surface area (Å²) in [6.45, 7) is 7.27. The first-order chi connectivity index (χ1) is 14.2. The monoisotopic (exact) mass is 394 g/mol. The maximum absolute atomic E-state index is 6.23. The Labute approximate surface area is 179 Å². The van der Waals surface area contributed by atoms with Crippen LogP contribution in [-0.2, 0) is 11.8 Å². The summed E-state index contributed by atoms with van der Waals surface area (Å²) in [5.74, 6) is 3.78. The Hall–Kier alpha value is -1.24. The van der Waals surface area contributed by atoms with Crippen LogP contribution in [0.15, 0.2) is 30.9 Å². The predicted molar refractivity (Wildman–Crippen MR) is 124 cm³/mol. The van der Waals surface area contributed by atoms with E-state index in [0.29, 0.717) is 5.41 Å². The maximum atomic E-state index is 6.23. The molecule has 0 unspecified atom stereocenters. The molecule has 0 spiro atoms. The van der Waals surface area contributed by atoms with Crippen LogP contribution in [0.4, 0.5) is 0 Å². The second kappa shape index (κ2) is 9.71. The lowest BCUT2D eigenvalue weighted by atomic mass is 9.57. The van der Waals surface area contributed by atoms with Gasteiger partial charge in [-0.1, -0.05) is 70.1 Å². The number of benzene rings is 1. The quantitative estimate of drug-likeness (QED) is 0.385. The van der Waals surface area contributed by atoms with E-state index in [2.05, 4.69) is 31.7 Å². The molecule has 0 heterocycles. The molecule has 1 aromatic rings. The highest BCUT2D eigenvalue weighted by Gasteiger charge is 2.42. The minimum atomic E-state index is 0.417. The highest BCUT2D eigenvalue weighted by molar-refractivity contribution is 5.42. The van der Waals surface area contributed by atoms with Crippen LogP contribution in [0, 0.1) is 17.8 Å². The van der Waals surface area contributed by atoms with E-state index in [1.54, 1.807) is 5.56 Å². The van der Waals surface area contributed by atoms with Gasteiger partial charge in [0.2, 0.25) is 0 Å². The number of allylic oxidation sites excluding steroid dienone is 1. The summed E-state index contributed by atoms with van der Waals surface area (Å²) in [4.78, 5) is 0. The van der Waals surface area contributed by atoms with Gasteiger partial charge < -0.3 is 4.74 Å². The number of rotatable bonds is 9. The summed E-state index contributed by atoms with van der Waals surface area (Å²) in [6.07, 6.45) is 21.3. The maximum Gasteiger partial charge on any atom is 0.122 e. The van der Waals surface area contributed by atoms with Crippen molar-refractivity contribution in [1.29, 1.82) is 0 Å². The molecule has 0 saturated heterocycles. The van der Waals surface area contributed by atoms with Gasteiger partial charge in [0.15, 0.2) is 0 Å². The molecule has 3 saturated carbocycles. The summed E-state index contributed by atoms with van der Waals surface area (Å²) >= 11 is 0. The standard InChI is InChI=1S/C28H42O/c1-3-8-22-12-14-25(15-13-22)28(18-6-5-7-19-28)26-16-17-27(24(20-26)9-4-2)29-21-23-10-11-23/h4,16-17,20,22-23,25H,2-3,5-15,18-19,21H2,1H3. The molecular weight excluding hydrogens is 352 g/mol. The van der Waals surface area contributed by atoms with E-state index in [1.807, 2.05) is 6.08 Å². The summed E-state index contributed by atoms with van der Waals surface area (Å²) in [5, 5.41) is 0. The van der Waals surface area contributed by atoms with Crippen molar-refractivity contribution in [2.45, 2.75) is 102 Å². The fourth-order valence-electron chi connectivity index (χ4n) is 6.36. The van der Waals surface area contributed by atoms with Crippen molar-refractivity contribution >= 4 is 0 Å². The molecule has 3 aliphatic rings. The van der Waals surface area contributed by atoms with Gasteiger partial charge in [0.25, 0.3) is 0 Å². The summed E-state index contributed by atoms with van der Waals surface area (Å²) in [6, 6.07) is 7.27. The molecule has 0 atom stereocenters. The van der Waals surface area contributed by atoms with Gasteiger partial charge in [-0.15, -0.1) is 6.58 Å². The van der Waals surface area contributed by atoms with Crippen LogP contribution in [0.2, 0.25) is 0 Å². The zero-order valence-electron chi connectivity index (χ0n) is 18.8. The Morgan fingerprint density at radius 1 is 1.00 bits per heavy atom. The number of hydrogen-bond donors (Lipinski definition) is 0. The van der Waals surface area contributed by atoms with E-state index in [-0.39, 0.29) is 0 Å². The largest absolute Gasteiger partial charge is 0.493 e. The Morgan fingerprint density at radius 3 is 2.38 bits per heavy atom. The van der Waals surface area contributed by atoms with E-state index in [9.17, 15) is 0 Å². The van der Waals surface area contributed by atoms with Crippen LogP contribution in [0.25, 0.3) is 0 Å². The van der Waals surface area contributed by atoms with E-state index in [0.717, 1.165) is 36.5 Å². The molecular formula is C28H42O. The molecule has 4 rings (SSSR count). The van der Waals surface area contributed by atoms with Crippen molar-refractivity contribution in [1.82, 2.24) is 0 Å². The van der Waals surface area contributed by atoms with Crippen LogP contribution in [0.3, 0.4) is 0 Å². The second-order valence-electron chi connectivity index (χ2n) is 10.3.